The summed E-state index contributed by atoms with van der Waals surface area (Å²) in [5, 5.41) is 6.37. The Bertz CT molecular complexity index is 683. The van der Waals surface area contributed by atoms with Gasteiger partial charge < -0.3 is 10.6 Å². The zero-order valence-corrected chi connectivity index (χ0v) is 14.0. The van der Waals surface area contributed by atoms with E-state index in [0.29, 0.717) is 25.4 Å². The molecule has 0 unspecified atom stereocenters. The minimum absolute atomic E-state index is 0.0238. The minimum atomic E-state index is 0.0238. The molecule has 3 heterocycles. The van der Waals surface area contributed by atoms with Crippen LogP contribution in [0.4, 0.5) is 0 Å². The molecule has 2 aromatic rings. The predicted molar refractivity (Wildman–Crippen MR) is 91.2 cm³/mol. The van der Waals surface area contributed by atoms with Crippen LogP contribution in [0.15, 0.2) is 30.6 Å². The number of nitrogens with one attached hydrogen (secondary N) is 2. The molecule has 2 N–H and O–H groups in total. The molecule has 1 aliphatic rings. The zero-order valence-electron chi connectivity index (χ0n) is 14.0. The minimum Gasteiger partial charge on any atom is -0.352 e. The highest BCUT2D eigenvalue weighted by Gasteiger charge is 2.18. The highest BCUT2D eigenvalue weighted by atomic mass is 16.1. The fourth-order valence-electron chi connectivity index (χ4n) is 2.93. The molecule has 0 spiro atoms. The molecule has 6 nitrogen and oxygen atoms in total. The average molecular weight is 325 g/mol. The van der Waals surface area contributed by atoms with Crippen LogP contribution < -0.4 is 10.6 Å². The lowest BCUT2D eigenvalue weighted by atomic mass is 10.1. The molecule has 3 rings (SSSR count). The van der Waals surface area contributed by atoms with Crippen molar-refractivity contribution in [3.63, 3.8) is 0 Å². The number of pyridine rings is 1. The van der Waals surface area contributed by atoms with Gasteiger partial charge in [-0.1, -0.05) is 6.07 Å². The number of carbonyl (C=O) groups excluding carboxylic acids is 1. The van der Waals surface area contributed by atoms with Crippen molar-refractivity contribution in [1.29, 1.82) is 0 Å². The molecule has 0 aromatic carbocycles. The topological polar surface area (TPSA) is 79.8 Å². The number of hydrogen-bond acceptors (Lipinski definition) is 5. The largest absolute Gasteiger partial charge is 0.352 e. The second-order valence-corrected chi connectivity index (χ2v) is 6.12. The third kappa shape index (κ3) is 4.58. The van der Waals surface area contributed by atoms with E-state index in [1.165, 1.54) is 6.42 Å². The summed E-state index contributed by atoms with van der Waals surface area (Å²) in [4.78, 5) is 25.1. The van der Waals surface area contributed by atoms with Crippen LogP contribution in [0.2, 0.25) is 0 Å². The van der Waals surface area contributed by atoms with Crippen molar-refractivity contribution >= 4 is 5.91 Å². The molecule has 1 aliphatic heterocycles. The Morgan fingerprint density at radius 2 is 2.33 bits per heavy atom. The molecular formula is C18H23N5O. The predicted octanol–water partition coefficient (Wildman–Crippen LogP) is 1.85. The van der Waals surface area contributed by atoms with E-state index in [1.807, 2.05) is 25.1 Å². The summed E-state index contributed by atoms with van der Waals surface area (Å²) in [5.41, 5.74) is 2.98. The lowest BCUT2D eigenvalue weighted by molar-refractivity contribution is -0.121. The van der Waals surface area contributed by atoms with Crippen molar-refractivity contribution in [3.05, 3.63) is 53.4 Å². The number of carbonyl (C=O) groups is 1. The summed E-state index contributed by atoms with van der Waals surface area (Å²) >= 11 is 0. The number of aryl methyl sites for hydroxylation is 2. The van der Waals surface area contributed by atoms with Crippen molar-refractivity contribution in [1.82, 2.24) is 25.6 Å². The van der Waals surface area contributed by atoms with Gasteiger partial charge in [0.25, 0.3) is 0 Å². The molecular weight excluding hydrogens is 302 g/mol. The summed E-state index contributed by atoms with van der Waals surface area (Å²) in [7, 11) is 0. The average Bonchev–Trinajstić information content (AvgIpc) is 3.13. The number of nitrogens with zero attached hydrogens (tertiary/aromatic N) is 3. The first-order valence-electron chi connectivity index (χ1n) is 8.44. The van der Waals surface area contributed by atoms with E-state index in [1.54, 1.807) is 12.4 Å². The molecule has 6 heteroatoms. The van der Waals surface area contributed by atoms with Crippen molar-refractivity contribution in [2.24, 2.45) is 0 Å². The quantitative estimate of drug-likeness (QED) is 0.847. The number of rotatable bonds is 6. The molecule has 1 atom stereocenters. The number of aromatic nitrogens is 3. The molecule has 126 valence electrons. The first kappa shape index (κ1) is 16.5. The molecule has 0 radical (unpaired) electrons. The number of amides is 1. The highest BCUT2D eigenvalue weighted by Crippen LogP contribution is 2.22. The molecule has 1 fully saturated rings. The Morgan fingerprint density at radius 1 is 1.42 bits per heavy atom. The van der Waals surface area contributed by atoms with E-state index in [4.69, 9.17) is 0 Å². The van der Waals surface area contributed by atoms with E-state index in [0.717, 1.165) is 35.7 Å². The SMILES string of the molecule is Cc1nc(CCC(=O)NCc2cccnc2)cc([C@H]2CCCN2)n1. The Kier molecular flexibility index (Phi) is 5.48. The summed E-state index contributed by atoms with van der Waals surface area (Å²) < 4.78 is 0. The van der Waals surface area contributed by atoms with Gasteiger partial charge in [0.1, 0.15) is 5.82 Å². The molecule has 1 saturated heterocycles. The summed E-state index contributed by atoms with van der Waals surface area (Å²) in [5.74, 6) is 0.794. The van der Waals surface area contributed by atoms with Crippen LogP contribution in [0.1, 0.15) is 48.1 Å². The van der Waals surface area contributed by atoms with E-state index in [2.05, 4.69) is 25.6 Å². The monoisotopic (exact) mass is 325 g/mol. The van der Waals surface area contributed by atoms with Gasteiger partial charge in [0, 0.05) is 37.1 Å². The van der Waals surface area contributed by atoms with Crippen molar-refractivity contribution in [3.8, 4) is 0 Å². The fourth-order valence-corrected chi connectivity index (χ4v) is 2.93. The van der Waals surface area contributed by atoms with Crippen LogP contribution in [0.25, 0.3) is 0 Å². The van der Waals surface area contributed by atoms with Gasteiger partial charge in [0.2, 0.25) is 5.91 Å². The highest BCUT2D eigenvalue weighted by molar-refractivity contribution is 5.76. The van der Waals surface area contributed by atoms with Gasteiger partial charge in [-0.15, -0.1) is 0 Å². The van der Waals surface area contributed by atoms with Gasteiger partial charge in [0.15, 0.2) is 0 Å². The lowest BCUT2D eigenvalue weighted by Gasteiger charge is -2.12. The second kappa shape index (κ2) is 7.97. The summed E-state index contributed by atoms with van der Waals surface area (Å²) in [6, 6.07) is 6.17. The lowest BCUT2D eigenvalue weighted by Crippen LogP contribution is -2.23. The Labute approximate surface area is 142 Å². The van der Waals surface area contributed by atoms with E-state index >= 15 is 0 Å². The molecule has 0 bridgehead atoms. The maximum absolute atomic E-state index is 12.0. The third-order valence-electron chi connectivity index (χ3n) is 4.15. The second-order valence-electron chi connectivity index (χ2n) is 6.12. The summed E-state index contributed by atoms with van der Waals surface area (Å²) in [6.45, 7) is 3.46. The maximum atomic E-state index is 12.0. The van der Waals surface area contributed by atoms with Gasteiger partial charge in [-0.05, 0) is 50.4 Å². The molecule has 24 heavy (non-hydrogen) atoms. The maximum Gasteiger partial charge on any atom is 0.220 e. The van der Waals surface area contributed by atoms with Gasteiger partial charge in [-0.2, -0.15) is 0 Å². The molecule has 2 aromatic heterocycles. The van der Waals surface area contributed by atoms with Crippen LogP contribution in [-0.2, 0) is 17.8 Å². The van der Waals surface area contributed by atoms with Crippen molar-refractivity contribution in [2.45, 2.75) is 45.2 Å². The fraction of sp³-hybridized carbons (Fsp3) is 0.444. The Hall–Kier alpha value is -2.34. The smallest absolute Gasteiger partial charge is 0.220 e. The Balaban J connectivity index is 1.53. The van der Waals surface area contributed by atoms with Gasteiger partial charge >= 0.3 is 0 Å². The van der Waals surface area contributed by atoms with Crippen molar-refractivity contribution < 1.29 is 4.79 Å². The van der Waals surface area contributed by atoms with Crippen LogP contribution in [0.5, 0.6) is 0 Å². The molecule has 0 aliphatic carbocycles. The van der Waals surface area contributed by atoms with E-state index < -0.39 is 0 Å². The molecule has 1 amide bonds. The normalized spacial score (nSPS) is 17.0. The number of hydrogen-bond donors (Lipinski definition) is 2. The van der Waals surface area contributed by atoms with E-state index in [-0.39, 0.29) is 5.91 Å². The zero-order chi connectivity index (χ0) is 16.8. The van der Waals surface area contributed by atoms with Crippen molar-refractivity contribution in [2.75, 3.05) is 6.54 Å². The summed E-state index contributed by atoms with van der Waals surface area (Å²) in [6.07, 6.45) is 6.83. The van der Waals surface area contributed by atoms with Gasteiger partial charge in [-0.25, -0.2) is 9.97 Å². The van der Waals surface area contributed by atoms with Crippen LogP contribution >= 0.6 is 0 Å². The Morgan fingerprint density at radius 3 is 3.08 bits per heavy atom. The molecule has 0 saturated carbocycles. The van der Waals surface area contributed by atoms with Crippen LogP contribution in [0.3, 0.4) is 0 Å². The van der Waals surface area contributed by atoms with Crippen LogP contribution in [-0.4, -0.2) is 27.4 Å². The standard InChI is InChI=1S/C18H23N5O/c1-13-22-15(10-17(23-13)16-5-3-9-20-16)6-7-18(24)21-12-14-4-2-8-19-11-14/h2,4,8,10-11,16,20H,3,5-7,9,12H2,1H3,(H,21,24)/t16-/m1/s1. The first-order valence-corrected chi connectivity index (χ1v) is 8.44. The third-order valence-corrected chi connectivity index (χ3v) is 4.15. The van der Waals surface area contributed by atoms with E-state index in [9.17, 15) is 4.79 Å². The van der Waals surface area contributed by atoms with Crippen LogP contribution in [0, 0.1) is 6.92 Å². The first-order chi connectivity index (χ1) is 11.7. The van der Waals surface area contributed by atoms with Gasteiger partial charge in [0.05, 0.1) is 5.69 Å². The van der Waals surface area contributed by atoms with Gasteiger partial charge in [-0.3, -0.25) is 9.78 Å².